The van der Waals surface area contributed by atoms with Crippen molar-refractivity contribution in [1.29, 1.82) is 0 Å². The smallest absolute Gasteiger partial charge is 0.335 e. The van der Waals surface area contributed by atoms with Crippen molar-refractivity contribution in [3.05, 3.63) is 42.0 Å². The van der Waals surface area contributed by atoms with Crippen LogP contribution < -0.4 is 0 Å². The van der Waals surface area contributed by atoms with Gasteiger partial charge in [-0.1, -0.05) is 24.8 Å². The lowest BCUT2D eigenvalue weighted by molar-refractivity contribution is 0.0697. The topological polar surface area (TPSA) is 37.3 Å². The highest BCUT2D eigenvalue weighted by molar-refractivity contribution is 5.87. The second kappa shape index (κ2) is 4.95. The van der Waals surface area contributed by atoms with Gasteiger partial charge in [-0.05, 0) is 17.7 Å². The van der Waals surface area contributed by atoms with E-state index in [0.717, 1.165) is 5.56 Å². The summed E-state index contributed by atoms with van der Waals surface area (Å²) in [5, 5.41) is 8.52. The summed E-state index contributed by atoms with van der Waals surface area (Å²) in [6.07, 6.45) is 1.67. The first-order valence-electron chi connectivity index (χ1n) is 3.20. The fraction of sp³-hybridized carbons (Fsp3) is 0. The van der Waals surface area contributed by atoms with Gasteiger partial charge in [0.05, 0.1) is 5.56 Å². The molecular weight excluding hydrogens is 164 g/mol. The van der Waals surface area contributed by atoms with E-state index in [1.54, 1.807) is 30.3 Å². The van der Waals surface area contributed by atoms with E-state index in [9.17, 15) is 4.79 Å². The molecule has 0 atom stereocenters. The minimum atomic E-state index is -0.902. The predicted octanol–water partition coefficient (Wildman–Crippen LogP) is 1.11. The summed E-state index contributed by atoms with van der Waals surface area (Å²) in [6, 6.07) is 6.55. The maximum atomic E-state index is 10.4. The van der Waals surface area contributed by atoms with Crippen LogP contribution in [0, 0.1) is 0 Å². The summed E-state index contributed by atoms with van der Waals surface area (Å²) in [7, 11) is 0. The number of hydrogen-bond acceptors (Lipinski definition) is 1. The summed E-state index contributed by atoms with van der Waals surface area (Å²) in [5.74, 6) is -0.902. The molecule has 0 saturated carbocycles. The third kappa shape index (κ3) is 2.68. The molecular formula is C9H10MgO2. The minimum absolute atomic E-state index is 0. The molecule has 0 amide bonds. The Balaban J connectivity index is 0.00000121. The van der Waals surface area contributed by atoms with Crippen molar-refractivity contribution in [3.8, 4) is 0 Å². The van der Waals surface area contributed by atoms with E-state index in [2.05, 4.69) is 6.58 Å². The molecule has 1 aromatic rings. The van der Waals surface area contributed by atoms with Crippen LogP contribution in [0.4, 0.5) is 0 Å². The van der Waals surface area contributed by atoms with E-state index >= 15 is 0 Å². The average Bonchev–Trinajstić information content (AvgIpc) is 2.05. The van der Waals surface area contributed by atoms with Crippen LogP contribution in [0.3, 0.4) is 0 Å². The van der Waals surface area contributed by atoms with Crippen molar-refractivity contribution in [2.24, 2.45) is 0 Å². The van der Waals surface area contributed by atoms with E-state index in [-0.39, 0.29) is 23.1 Å². The highest BCUT2D eigenvalue weighted by atomic mass is 24.3. The van der Waals surface area contributed by atoms with Gasteiger partial charge in [-0.3, -0.25) is 0 Å². The normalized spacial score (nSPS) is 8.33. The molecule has 3 heteroatoms. The first kappa shape index (κ1) is 11.2. The van der Waals surface area contributed by atoms with Gasteiger partial charge >= 0.3 is 29.0 Å². The number of rotatable bonds is 2. The molecule has 0 aliphatic rings. The van der Waals surface area contributed by atoms with Crippen LogP contribution in [-0.4, -0.2) is 34.1 Å². The predicted molar refractivity (Wildman–Crippen MR) is 52.0 cm³/mol. The van der Waals surface area contributed by atoms with Gasteiger partial charge in [-0.2, -0.15) is 0 Å². The molecule has 0 unspecified atom stereocenters. The molecule has 0 aromatic heterocycles. The molecule has 12 heavy (non-hydrogen) atoms. The van der Waals surface area contributed by atoms with Gasteiger partial charge in [0, 0.05) is 0 Å². The standard InChI is InChI=1S/C9H8O2.Mg.2H/c1-2-7-3-5-8(6-4-7)9(10)11;;;/h2-6H,1H2,(H,10,11);;;. The quantitative estimate of drug-likeness (QED) is 0.682. The highest BCUT2D eigenvalue weighted by Gasteiger charge is 1.99. The Morgan fingerprint density at radius 2 is 1.83 bits per heavy atom. The Labute approximate surface area is 87.1 Å². The Kier molecular flexibility index (Phi) is 4.62. The molecule has 0 aliphatic heterocycles. The molecule has 2 nitrogen and oxygen atoms in total. The van der Waals surface area contributed by atoms with Gasteiger partial charge < -0.3 is 5.11 Å². The molecule has 60 valence electrons. The fourth-order valence-electron chi connectivity index (χ4n) is 0.762. The summed E-state index contributed by atoms with van der Waals surface area (Å²) in [6.45, 7) is 3.56. The van der Waals surface area contributed by atoms with Crippen LogP contribution in [0.1, 0.15) is 15.9 Å². The first-order valence-corrected chi connectivity index (χ1v) is 3.20. The van der Waals surface area contributed by atoms with Crippen molar-refractivity contribution >= 4 is 35.1 Å². The monoisotopic (exact) mass is 174 g/mol. The van der Waals surface area contributed by atoms with Gasteiger partial charge in [0.2, 0.25) is 0 Å². The molecule has 1 N–H and O–H groups in total. The lowest BCUT2D eigenvalue weighted by atomic mass is 10.1. The number of carboxylic acid groups (broad SMARTS) is 1. The van der Waals surface area contributed by atoms with Crippen molar-refractivity contribution in [1.82, 2.24) is 0 Å². The Morgan fingerprint density at radius 3 is 2.17 bits per heavy atom. The summed E-state index contributed by atoms with van der Waals surface area (Å²) < 4.78 is 0. The molecule has 0 heterocycles. The van der Waals surface area contributed by atoms with Crippen molar-refractivity contribution in [3.63, 3.8) is 0 Å². The highest BCUT2D eigenvalue weighted by Crippen LogP contribution is 2.04. The lowest BCUT2D eigenvalue weighted by Gasteiger charge is -1.93. The number of aromatic carboxylic acids is 1. The number of hydrogen-bond donors (Lipinski definition) is 1. The van der Waals surface area contributed by atoms with E-state index in [0.29, 0.717) is 5.56 Å². The van der Waals surface area contributed by atoms with Crippen LogP contribution in [0.15, 0.2) is 30.8 Å². The Morgan fingerprint density at radius 1 is 1.33 bits per heavy atom. The third-order valence-electron chi connectivity index (χ3n) is 1.39. The van der Waals surface area contributed by atoms with Crippen molar-refractivity contribution in [2.45, 2.75) is 0 Å². The van der Waals surface area contributed by atoms with E-state index in [1.807, 2.05) is 0 Å². The van der Waals surface area contributed by atoms with Crippen molar-refractivity contribution in [2.75, 3.05) is 0 Å². The largest absolute Gasteiger partial charge is 0.478 e. The van der Waals surface area contributed by atoms with E-state index in [4.69, 9.17) is 5.11 Å². The maximum absolute atomic E-state index is 10.4. The van der Waals surface area contributed by atoms with Crippen LogP contribution >= 0.6 is 0 Å². The van der Waals surface area contributed by atoms with Crippen molar-refractivity contribution < 1.29 is 9.90 Å². The molecule has 0 aliphatic carbocycles. The average molecular weight is 174 g/mol. The zero-order valence-electron chi connectivity index (χ0n) is 5.95. The van der Waals surface area contributed by atoms with E-state index < -0.39 is 5.97 Å². The van der Waals surface area contributed by atoms with Gasteiger partial charge in [0.15, 0.2) is 0 Å². The molecule has 0 bridgehead atoms. The zero-order chi connectivity index (χ0) is 8.27. The first-order chi connectivity index (χ1) is 5.24. The second-order valence-corrected chi connectivity index (χ2v) is 2.13. The molecule has 0 fully saturated rings. The lowest BCUT2D eigenvalue weighted by Crippen LogP contribution is -1.94. The number of carboxylic acids is 1. The maximum Gasteiger partial charge on any atom is 0.335 e. The van der Waals surface area contributed by atoms with Gasteiger partial charge in [-0.15, -0.1) is 0 Å². The Bertz CT molecular complexity index is 277. The molecule has 1 aromatic carbocycles. The Hall–Kier alpha value is -0.804. The van der Waals surface area contributed by atoms with Gasteiger partial charge in [0.1, 0.15) is 0 Å². The number of carbonyl (C=O) groups is 1. The van der Waals surface area contributed by atoms with Gasteiger partial charge in [0.25, 0.3) is 0 Å². The van der Waals surface area contributed by atoms with Crippen LogP contribution in [0.2, 0.25) is 0 Å². The fourth-order valence-corrected chi connectivity index (χ4v) is 0.762. The minimum Gasteiger partial charge on any atom is -0.478 e. The van der Waals surface area contributed by atoms with Crippen LogP contribution in [-0.2, 0) is 0 Å². The number of benzene rings is 1. The third-order valence-corrected chi connectivity index (χ3v) is 1.39. The summed E-state index contributed by atoms with van der Waals surface area (Å²) >= 11 is 0. The summed E-state index contributed by atoms with van der Waals surface area (Å²) in [4.78, 5) is 10.4. The van der Waals surface area contributed by atoms with E-state index in [1.165, 1.54) is 0 Å². The zero-order valence-corrected chi connectivity index (χ0v) is 5.95. The molecule has 0 saturated heterocycles. The second-order valence-electron chi connectivity index (χ2n) is 2.13. The molecule has 0 radical (unpaired) electrons. The molecule has 1 rings (SSSR count). The van der Waals surface area contributed by atoms with Gasteiger partial charge in [-0.25, -0.2) is 4.79 Å². The molecule has 0 spiro atoms. The van der Waals surface area contributed by atoms with Crippen LogP contribution in [0.25, 0.3) is 6.08 Å². The summed E-state index contributed by atoms with van der Waals surface area (Å²) in [5.41, 5.74) is 1.23. The van der Waals surface area contributed by atoms with Crippen LogP contribution in [0.5, 0.6) is 0 Å². The SMILES string of the molecule is C=Cc1ccc(C(=O)O)cc1.[MgH2].